The van der Waals surface area contributed by atoms with E-state index in [2.05, 4.69) is 0 Å². The first-order chi connectivity index (χ1) is 8.40. The van der Waals surface area contributed by atoms with Gasteiger partial charge in [-0.25, -0.2) is 4.79 Å². The molecule has 8 nitrogen and oxygen atoms in total. The highest BCUT2D eigenvalue weighted by Crippen LogP contribution is 2.26. The second-order valence-corrected chi connectivity index (χ2v) is 4.54. The first-order valence-electron chi connectivity index (χ1n) is 4.59. The Hall–Kier alpha value is -1.91. The van der Waals surface area contributed by atoms with Gasteiger partial charge in [-0.3, -0.25) is 19.5 Å². The lowest BCUT2D eigenvalue weighted by molar-refractivity contribution is -0.384. The van der Waals surface area contributed by atoms with Crippen molar-refractivity contribution in [3.05, 3.63) is 36.4 Å². The summed E-state index contributed by atoms with van der Waals surface area (Å²) in [5.41, 5.74) is 0.0142. The molecular weight excluding hydrogens is 359 g/mol. The molecule has 2 rings (SSSR count). The molecule has 0 atom stereocenters. The Morgan fingerprint density at radius 3 is 2.78 bits per heavy atom. The SMILES string of the molecule is O=C(O)Cn1c(=O)oc2c(I)cc([N+](=O)[O-])cc21. The zero-order chi connectivity index (χ0) is 13.4. The van der Waals surface area contributed by atoms with Crippen molar-refractivity contribution in [3.63, 3.8) is 0 Å². The van der Waals surface area contributed by atoms with Crippen molar-refractivity contribution < 1.29 is 19.2 Å². The van der Waals surface area contributed by atoms with Crippen LogP contribution in [0.1, 0.15) is 0 Å². The number of aliphatic carboxylic acids is 1. The number of benzene rings is 1. The maximum atomic E-state index is 11.5. The average Bonchev–Trinajstić information content (AvgIpc) is 2.56. The monoisotopic (exact) mass is 364 g/mol. The molecule has 0 amide bonds. The topological polar surface area (TPSA) is 116 Å². The molecule has 0 unspecified atom stereocenters. The highest BCUT2D eigenvalue weighted by Gasteiger charge is 2.19. The van der Waals surface area contributed by atoms with Crippen molar-refractivity contribution in [2.75, 3.05) is 0 Å². The van der Waals surface area contributed by atoms with E-state index >= 15 is 0 Å². The standard InChI is InChI=1S/C9H5IN2O6/c10-5-1-4(12(16)17)2-6-8(5)18-9(15)11(6)3-7(13)14/h1-2H,3H2,(H,13,14). The number of aromatic nitrogens is 1. The summed E-state index contributed by atoms with van der Waals surface area (Å²) >= 11 is 1.78. The number of rotatable bonds is 3. The summed E-state index contributed by atoms with van der Waals surface area (Å²) in [6, 6.07) is 2.36. The van der Waals surface area contributed by atoms with Crippen molar-refractivity contribution in [1.82, 2.24) is 4.57 Å². The van der Waals surface area contributed by atoms with E-state index in [0.29, 0.717) is 3.57 Å². The van der Waals surface area contributed by atoms with Gasteiger partial charge < -0.3 is 9.52 Å². The molecule has 9 heteroatoms. The summed E-state index contributed by atoms with van der Waals surface area (Å²) in [6.07, 6.45) is 0. The van der Waals surface area contributed by atoms with Gasteiger partial charge in [0.1, 0.15) is 6.54 Å². The van der Waals surface area contributed by atoms with Gasteiger partial charge in [0.05, 0.1) is 14.0 Å². The van der Waals surface area contributed by atoms with E-state index in [0.717, 1.165) is 10.6 Å². The van der Waals surface area contributed by atoms with Crippen LogP contribution in [0.4, 0.5) is 5.69 Å². The van der Waals surface area contributed by atoms with Crippen LogP contribution < -0.4 is 5.76 Å². The minimum absolute atomic E-state index is 0.0981. The lowest BCUT2D eigenvalue weighted by Crippen LogP contribution is -2.19. The summed E-state index contributed by atoms with van der Waals surface area (Å²) in [4.78, 5) is 32.2. The number of nitro benzene ring substituents is 1. The Bertz CT molecular complexity index is 716. The van der Waals surface area contributed by atoms with E-state index in [1.54, 1.807) is 22.6 Å². The van der Waals surface area contributed by atoms with Crippen molar-refractivity contribution in [2.45, 2.75) is 6.54 Å². The molecule has 1 aromatic heterocycles. The quantitative estimate of drug-likeness (QED) is 0.497. The first-order valence-corrected chi connectivity index (χ1v) is 5.67. The second kappa shape index (κ2) is 4.40. The van der Waals surface area contributed by atoms with Gasteiger partial charge in [-0.1, -0.05) is 0 Å². The fraction of sp³-hybridized carbons (Fsp3) is 0.111. The van der Waals surface area contributed by atoms with Crippen LogP contribution in [0.5, 0.6) is 0 Å². The summed E-state index contributed by atoms with van der Waals surface area (Å²) in [7, 11) is 0. The lowest BCUT2D eigenvalue weighted by atomic mass is 10.3. The maximum Gasteiger partial charge on any atom is 0.420 e. The van der Waals surface area contributed by atoms with E-state index < -0.39 is 23.2 Å². The van der Waals surface area contributed by atoms with Crippen molar-refractivity contribution in [3.8, 4) is 0 Å². The molecule has 1 aromatic carbocycles. The molecule has 0 fully saturated rings. The molecule has 18 heavy (non-hydrogen) atoms. The largest absolute Gasteiger partial charge is 0.480 e. The van der Waals surface area contributed by atoms with Crippen LogP contribution in [0, 0.1) is 13.7 Å². The number of carboxylic acids is 1. The van der Waals surface area contributed by atoms with Crippen LogP contribution in [-0.4, -0.2) is 20.6 Å². The minimum atomic E-state index is -1.23. The Kier molecular flexibility index (Phi) is 3.07. The third-order valence-corrected chi connectivity index (χ3v) is 3.01. The number of nitrogens with zero attached hydrogens (tertiary/aromatic N) is 2. The van der Waals surface area contributed by atoms with Crippen LogP contribution in [-0.2, 0) is 11.3 Å². The van der Waals surface area contributed by atoms with Gasteiger partial charge in [-0.2, -0.15) is 0 Å². The van der Waals surface area contributed by atoms with Gasteiger partial charge in [0.25, 0.3) is 5.69 Å². The van der Waals surface area contributed by atoms with Gasteiger partial charge in [0.15, 0.2) is 5.58 Å². The minimum Gasteiger partial charge on any atom is -0.480 e. The number of hydrogen-bond donors (Lipinski definition) is 1. The van der Waals surface area contributed by atoms with Crippen LogP contribution in [0.3, 0.4) is 0 Å². The molecule has 0 saturated carbocycles. The third-order valence-electron chi connectivity index (χ3n) is 2.21. The van der Waals surface area contributed by atoms with Crippen LogP contribution in [0.15, 0.2) is 21.3 Å². The van der Waals surface area contributed by atoms with Gasteiger partial charge in [-0.15, -0.1) is 0 Å². The molecule has 0 aliphatic rings. The molecule has 1 N–H and O–H groups in total. The number of carbonyl (C=O) groups is 1. The van der Waals surface area contributed by atoms with E-state index in [4.69, 9.17) is 9.52 Å². The Morgan fingerprint density at radius 1 is 1.56 bits per heavy atom. The number of oxazole rings is 1. The molecular formula is C9H5IN2O6. The second-order valence-electron chi connectivity index (χ2n) is 3.38. The fourth-order valence-corrected chi connectivity index (χ4v) is 2.20. The molecule has 0 aliphatic carbocycles. The summed E-state index contributed by atoms with van der Waals surface area (Å²) in [5, 5.41) is 19.4. The lowest BCUT2D eigenvalue weighted by Gasteiger charge is -1.98. The first kappa shape index (κ1) is 12.5. The van der Waals surface area contributed by atoms with Crippen molar-refractivity contribution >= 4 is 45.3 Å². The number of halogens is 1. The van der Waals surface area contributed by atoms with E-state index in [9.17, 15) is 19.7 Å². The Balaban J connectivity index is 2.78. The van der Waals surface area contributed by atoms with Crippen LogP contribution in [0.2, 0.25) is 0 Å². The van der Waals surface area contributed by atoms with Gasteiger partial charge in [0.2, 0.25) is 0 Å². The zero-order valence-electron chi connectivity index (χ0n) is 8.62. The molecule has 0 bridgehead atoms. The smallest absolute Gasteiger partial charge is 0.420 e. The predicted molar refractivity (Wildman–Crippen MR) is 67.5 cm³/mol. The average molecular weight is 364 g/mol. The maximum absolute atomic E-state index is 11.5. The Labute approximate surface area is 112 Å². The molecule has 0 spiro atoms. The van der Waals surface area contributed by atoms with Crippen LogP contribution >= 0.6 is 22.6 Å². The molecule has 94 valence electrons. The normalized spacial score (nSPS) is 10.7. The molecule has 0 aliphatic heterocycles. The van der Waals surface area contributed by atoms with Gasteiger partial charge in [-0.05, 0) is 22.6 Å². The number of carboxylic acid groups (broad SMARTS) is 1. The van der Waals surface area contributed by atoms with Gasteiger partial charge >= 0.3 is 11.7 Å². The summed E-state index contributed by atoms with van der Waals surface area (Å²) < 4.78 is 6.09. The summed E-state index contributed by atoms with van der Waals surface area (Å²) in [5.74, 6) is -2.09. The number of non-ortho nitro benzene ring substituents is 1. The number of fused-ring (bicyclic) bond motifs is 1. The molecule has 0 saturated heterocycles. The zero-order valence-corrected chi connectivity index (χ0v) is 10.8. The van der Waals surface area contributed by atoms with E-state index in [-0.39, 0.29) is 16.8 Å². The predicted octanol–water partition coefficient (Wildman–Crippen LogP) is 1.19. The summed E-state index contributed by atoms with van der Waals surface area (Å²) in [6.45, 7) is -0.608. The Morgan fingerprint density at radius 2 is 2.22 bits per heavy atom. The third kappa shape index (κ3) is 2.08. The highest BCUT2D eigenvalue weighted by atomic mass is 127. The van der Waals surface area contributed by atoms with Crippen molar-refractivity contribution in [1.29, 1.82) is 0 Å². The highest BCUT2D eigenvalue weighted by molar-refractivity contribution is 14.1. The van der Waals surface area contributed by atoms with E-state index in [1.165, 1.54) is 6.07 Å². The fourth-order valence-electron chi connectivity index (χ4n) is 1.50. The van der Waals surface area contributed by atoms with Crippen LogP contribution in [0.25, 0.3) is 11.1 Å². The van der Waals surface area contributed by atoms with E-state index in [1.807, 2.05) is 0 Å². The van der Waals surface area contributed by atoms with Crippen molar-refractivity contribution in [2.24, 2.45) is 0 Å². The number of hydrogen-bond acceptors (Lipinski definition) is 5. The van der Waals surface area contributed by atoms with Gasteiger partial charge in [0, 0.05) is 12.1 Å². The number of nitro groups is 1. The molecule has 0 radical (unpaired) electrons. The molecule has 1 heterocycles. The molecule has 2 aromatic rings.